The Hall–Kier alpha value is -0.460. The number of hydrogen-bond donors (Lipinski definition) is 1. The minimum atomic E-state index is 0.174. The molecular weight excluding hydrogens is 110 g/mol. The first-order valence-electron chi connectivity index (χ1n) is 3.41. The molecule has 0 bridgehead atoms. The normalized spacial score (nSPS) is 11.1. The Morgan fingerprint density at radius 2 is 1.89 bits per heavy atom. The van der Waals surface area contributed by atoms with Gasteiger partial charge in [0.05, 0.1) is 0 Å². The molecule has 0 heterocycles. The van der Waals surface area contributed by atoms with Gasteiger partial charge in [0.2, 0.25) is 0 Å². The van der Waals surface area contributed by atoms with Crippen molar-refractivity contribution in [2.24, 2.45) is 0 Å². The van der Waals surface area contributed by atoms with Crippen molar-refractivity contribution in [3.05, 3.63) is 12.3 Å². The molecule has 0 aliphatic rings. The number of rotatable bonds is 2. The minimum absolute atomic E-state index is 0.174. The van der Waals surface area contributed by atoms with Gasteiger partial charge in [0.15, 0.2) is 0 Å². The monoisotopic (exact) mass is 127 g/mol. The fourth-order valence-electron chi connectivity index (χ4n) is 0.619. The van der Waals surface area contributed by atoms with Crippen LogP contribution in [0.25, 0.3) is 0 Å². The van der Waals surface area contributed by atoms with Crippen molar-refractivity contribution in [2.75, 3.05) is 0 Å². The summed E-state index contributed by atoms with van der Waals surface area (Å²) in [5.74, 6) is 0. The van der Waals surface area contributed by atoms with E-state index >= 15 is 0 Å². The van der Waals surface area contributed by atoms with E-state index in [4.69, 9.17) is 0 Å². The van der Waals surface area contributed by atoms with Crippen LogP contribution in [0, 0.1) is 0 Å². The standard InChI is InChI=1S/C8H17N/c1-6-7(2)9-8(3,4)5/h9H,2,6H2,1,3-5H3. The fourth-order valence-corrected chi connectivity index (χ4v) is 0.619. The Morgan fingerprint density at radius 3 is 2.00 bits per heavy atom. The molecule has 0 aromatic carbocycles. The summed E-state index contributed by atoms with van der Waals surface area (Å²) in [7, 11) is 0. The van der Waals surface area contributed by atoms with E-state index in [2.05, 4.69) is 39.6 Å². The maximum absolute atomic E-state index is 3.85. The Labute approximate surface area is 58.2 Å². The first-order valence-corrected chi connectivity index (χ1v) is 3.41. The van der Waals surface area contributed by atoms with E-state index < -0.39 is 0 Å². The predicted octanol–water partition coefficient (Wildman–Crippen LogP) is 2.30. The molecule has 0 aromatic rings. The Balaban J connectivity index is 3.60. The maximum atomic E-state index is 3.85. The zero-order valence-electron chi connectivity index (χ0n) is 6.91. The summed E-state index contributed by atoms with van der Waals surface area (Å²) in [5, 5.41) is 3.27. The third-order valence-corrected chi connectivity index (χ3v) is 0.979. The van der Waals surface area contributed by atoms with Crippen molar-refractivity contribution in [2.45, 2.75) is 39.7 Å². The van der Waals surface area contributed by atoms with Crippen LogP contribution in [-0.2, 0) is 0 Å². The van der Waals surface area contributed by atoms with Crippen molar-refractivity contribution < 1.29 is 0 Å². The van der Waals surface area contributed by atoms with Crippen LogP contribution in [0.3, 0.4) is 0 Å². The molecule has 54 valence electrons. The number of nitrogens with one attached hydrogen (secondary N) is 1. The van der Waals surface area contributed by atoms with Crippen LogP contribution in [0.4, 0.5) is 0 Å². The largest absolute Gasteiger partial charge is 0.384 e. The Kier molecular flexibility index (Phi) is 2.75. The van der Waals surface area contributed by atoms with Gasteiger partial charge in [-0.1, -0.05) is 13.5 Å². The summed E-state index contributed by atoms with van der Waals surface area (Å²) in [6, 6.07) is 0. The van der Waals surface area contributed by atoms with Crippen LogP contribution in [0.5, 0.6) is 0 Å². The lowest BCUT2D eigenvalue weighted by Crippen LogP contribution is -2.34. The molecule has 1 nitrogen and oxygen atoms in total. The van der Waals surface area contributed by atoms with Gasteiger partial charge in [-0.2, -0.15) is 0 Å². The van der Waals surface area contributed by atoms with E-state index in [1.165, 1.54) is 0 Å². The van der Waals surface area contributed by atoms with Gasteiger partial charge in [-0.15, -0.1) is 0 Å². The van der Waals surface area contributed by atoms with Gasteiger partial charge >= 0.3 is 0 Å². The smallest absolute Gasteiger partial charge is 0.0286 e. The van der Waals surface area contributed by atoms with Gasteiger partial charge in [0.25, 0.3) is 0 Å². The van der Waals surface area contributed by atoms with E-state index in [1.54, 1.807) is 0 Å². The fraction of sp³-hybridized carbons (Fsp3) is 0.750. The lowest BCUT2D eigenvalue weighted by molar-refractivity contribution is 0.467. The van der Waals surface area contributed by atoms with Gasteiger partial charge in [-0.05, 0) is 27.2 Å². The molecule has 0 aliphatic carbocycles. The predicted molar refractivity (Wildman–Crippen MR) is 42.3 cm³/mol. The van der Waals surface area contributed by atoms with Crippen LogP contribution >= 0.6 is 0 Å². The molecule has 0 fully saturated rings. The van der Waals surface area contributed by atoms with Gasteiger partial charge in [0.1, 0.15) is 0 Å². The summed E-state index contributed by atoms with van der Waals surface area (Å²) in [5.41, 5.74) is 1.29. The minimum Gasteiger partial charge on any atom is -0.384 e. The lowest BCUT2D eigenvalue weighted by Gasteiger charge is -2.22. The average molecular weight is 127 g/mol. The zero-order valence-corrected chi connectivity index (χ0v) is 6.91. The van der Waals surface area contributed by atoms with E-state index in [0.717, 1.165) is 12.1 Å². The molecule has 0 saturated carbocycles. The van der Waals surface area contributed by atoms with E-state index in [0.29, 0.717) is 0 Å². The van der Waals surface area contributed by atoms with Crippen molar-refractivity contribution >= 4 is 0 Å². The molecule has 0 spiro atoms. The Morgan fingerprint density at radius 1 is 1.44 bits per heavy atom. The molecule has 0 atom stereocenters. The van der Waals surface area contributed by atoms with Crippen molar-refractivity contribution in [3.8, 4) is 0 Å². The second kappa shape index (κ2) is 2.90. The van der Waals surface area contributed by atoms with E-state index in [9.17, 15) is 0 Å². The highest BCUT2D eigenvalue weighted by Gasteiger charge is 2.07. The van der Waals surface area contributed by atoms with Crippen LogP contribution in [0.2, 0.25) is 0 Å². The Bertz CT molecular complexity index is 97.6. The summed E-state index contributed by atoms with van der Waals surface area (Å²) in [4.78, 5) is 0. The van der Waals surface area contributed by atoms with Crippen LogP contribution in [0.1, 0.15) is 34.1 Å². The summed E-state index contributed by atoms with van der Waals surface area (Å²) >= 11 is 0. The molecule has 9 heavy (non-hydrogen) atoms. The van der Waals surface area contributed by atoms with E-state index in [1.807, 2.05) is 0 Å². The molecular formula is C8H17N. The highest BCUT2D eigenvalue weighted by atomic mass is 15.0. The average Bonchev–Trinajstić information content (AvgIpc) is 1.62. The molecule has 0 unspecified atom stereocenters. The third kappa shape index (κ3) is 5.41. The van der Waals surface area contributed by atoms with Crippen LogP contribution in [0.15, 0.2) is 12.3 Å². The number of hydrogen-bond acceptors (Lipinski definition) is 1. The van der Waals surface area contributed by atoms with E-state index in [-0.39, 0.29) is 5.54 Å². The molecule has 0 radical (unpaired) electrons. The highest BCUT2D eigenvalue weighted by molar-refractivity contribution is 4.94. The van der Waals surface area contributed by atoms with Gasteiger partial charge in [-0.25, -0.2) is 0 Å². The molecule has 0 aliphatic heterocycles. The van der Waals surface area contributed by atoms with Crippen LogP contribution < -0.4 is 5.32 Å². The molecule has 0 aromatic heterocycles. The van der Waals surface area contributed by atoms with Gasteiger partial charge < -0.3 is 5.32 Å². The second-order valence-electron chi connectivity index (χ2n) is 3.33. The topological polar surface area (TPSA) is 12.0 Å². The summed E-state index contributed by atoms with van der Waals surface area (Å²) < 4.78 is 0. The SMILES string of the molecule is C=C(CC)NC(C)(C)C. The lowest BCUT2D eigenvalue weighted by atomic mass is 10.1. The first-order chi connectivity index (χ1) is 3.95. The molecule has 1 heteroatoms. The van der Waals surface area contributed by atoms with Crippen molar-refractivity contribution in [1.82, 2.24) is 5.32 Å². The third-order valence-electron chi connectivity index (χ3n) is 0.979. The van der Waals surface area contributed by atoms with Crippen molar-refractivity contribution in [3.63, 3.8) is 0 Å². The summed E-state index contributed by atoms with van der Waals surface area (Å²) in [6.07, 6.45) is 1.01. The van der Waals surface area contributed by atoms with Crippen LogP contribution in [-0.4, -0.2) is 5.54 Å². The van der Waals surface area contributed by atoms with Gasteiger partial charge in [-0.3, -0.25) is 0 Å². The van der Waals surface area contributed by atoms with Gasteiger partial charge in [0, 0.05) is 11.2 Å². The molecule has 1 N–H and O–H groups in total. The highest BCUT2D eigenvalue weighted by Crippen LogP contribution is 2.03. The summed E-state index contributed by atoms with van der Waals surface area (Å²) in [6.45, 7) is 12.3. The number of allylic oxidation sites excluding steroid dienone is 1. The molecule has 0 amide bonds. The first kappa shape index (κ1) is 8.54. The second-order valence-corrected chi connectivity index (χ2v) is 3.33. The zero-order chi connectivity index (χ0) is 7.49. The molecule has 0 saturated heterocycles. The quantitative estimate of drug-likeness (QED) is 0.600. The molecule has 0 rings (SSSR count). The van der Waals surface area contributed by atoms with Crippen molar-refractivity contribution in [1.29, 1.82) is 0 Å². The maximum Gasteiger partial charge on any atom is 0.0286 e.